The summed E-state index contributed by atoms with van der Waals surface area (Å²) in [7, 11) is 1.76. The topological polar surface area (TPSA) is 66.0 Å². The molecule has 0 aromatic heterocycles. The van der Waals surface area contributed by atoms with Crippen molar-refractivity contribution in [2.24, 2.45) is 4.99 Å². The summed E-state index contributed by atoms with van der Waals surface area (Å²) in [6.07, 6.45) is 3.22. The Morgan fingerprint density at radius 2 is 2.04 bits per heavy atom. The lowest BCUT2D eigenvalue weighted by Crippen LogP contribution is -2.50. The average molecular weight is 391 g/mol. The van der Waals surface area contributed by atoms with Crippen molar-refractivity contribution >= 4 is 11.9 Å². The summed E-state index contributed by atoms with van der Waals surface area (Å²) < 4.78 is 19.0. The smallest absolute Gasteiger partial charge is 0.222 e. The van der Waals surface area contributed by atoms with Crippen LogP contribution < -0.4 is 10.6 Å². The second-order valence-corrected chi connectivity index (χ2v) is 7.65. The fourth-order valence-electron chi connectivity index (χ4n) is 4.10. The summed E-state index contributed by atoms with van der Waals surface area (Å²) >= 11 is 0. The molecule has 2 aliphatic rings. The molecule has 0 radical (unpaired) electrons. The highest BCUT2D eigenvalue weighted by Crippen LogP contribution is 2.34. The highest BCUT2D eigenvalue weighted by molar-refractivity contribution is 5.80. The van der Waals surface area contributed by atoms with Gasteiger partial charge in [-0.15, -0.1) is 0 Å². The van der Waals surface area contributed by atoms with Crippen LogP contribution in [-0.4, -0.2) is 62.7 Å². The van der Waals surface area contributed by atoms with Crippen LogP contribution in [0.3, 0.4) is 0 Å². The summed E-state index contributed by atoms with van der Waals surface area (Å²) in [5.74, 6) is 0.720. The Labute approximate surface area is 166 Å². The van der Waals surface area contributed by atoms with Gasteiger partial charge in [0.15, 0.2) is 5.96 Å². The molecular weight excluding hydrogens is 359 g/mol. The summed E-state index contributed by atoms with van der Waals surface area (Å²) in [5.41, 5.74) is 1.02. The Morgan fingerprint density at radius 3 is 2.68 bits per heavy atom. The number of nitrogens with one attached hydrogen (secondary N) is 2. The number of carbonyl (C=O) groups is 1. The minimum atomic E-state index is -0.219. The zero-order valence-corrected chi connectivity index (χ0v) is 16.8. The number of hydrogen-bond donors (Lipinski definition) is 2. The van der Waals surface area contributed by atoms with Crippen LogP contribution >= 0.6 is 0 Å². The van der Waals surface area contributed by atoms with Crippen LogP contribution in [0.2, 0.25) is 0 Å². The number of likely N-dealkylation sites (tertiary alicyclic amines) is 1. The molecule has 1 aromatic rings. The van der Waals surface area contributed by atoms with E-state index in [0.29, 0.717) is 32.7 Å². The van der Waals surface area contributed by atoms with Crippen molar-refractivity contribution < 1.29 is 13.9 Å². The van der Waals surface area contributed by atoms with Crippen LogP contribution in [0.5, 0.6) is 0 Å². The molecule has 1 aromatic carbocycles. The van der Waals surface area contributed by atoms with Gasteiger partial charge in [0, 0.05) is 57.8 Å². The molecule has 1 unspecified atom stereocenters. The lowest BCUT2D eigenvalue weighted by Gasteiger charge is -2.38. The SMILES string of the molecule is CCC(=O)N1CCC(NC(=NC)NCC2(c3ccc(F)cc3)CCOCC2)C1. The van der Waals surface area contributed by atoms with Gasteiger partial charge in [-0.1, -0.05) is 19.1 Å². The van der Waals surface area contributed by atoms with Crippen molar-refractivity contribution in [3.63, 3.8) is 0 Å². The number of halogens is 1. The number of guanidine groups is 1. The number of hydrogen-bond acceptors (Lipinski definition) is 3. The maximum absolute atomic E-state index is 13.4. The van der Waals surface area contributed by atoms with Crippen LogP contribution in [0.25, 0.3) is 0 Å². The van der Waals surface area contributed by atoms with Gasteiger partial charge in [-0.2, -0.15) is 0 Å². The Bertz CT molecular complexity index is 686. The van der Waals surface area contributed by atoms with Gasteiger partial charge < -0.3 is 20.3 Å². The predicted octanol–water partition coefficient (Wildman–Crippen LogP) is 2.05. The van der Waals surface area contributed by atoms with Crippen LogP contribution in [0, 0.1) is 5.82 Å². The van der Waals surface area contributed by atoms with Gasteiger partial charge in [0.1, 0.15) is 5.82 Å². The maximum atomic E-state index is 13.4. The van der Waals surface area contributed by atoms with Gasteiger partial charge in [-0.05, 0) is 37.0 Å². The first kappa shape index (κ1) is 20.6. The number of benzene rings is 1. The second-order valence-electron chi connectivity index (χ2n) is 7.65. The number of rotatable bonds is 5. The molecule has 3 rings (SSSR count). The van der Waals surface area contributed by atoms with E-state index in [1.165, 1.54) is 12.1 Å². The molecule has 2 N–H and O–H groups in total. The van der Waals surface area contributed by atoms with Crippen molar-refractivity contribution in [1.29, 1.82) is 0 Å². The third kappa shape index (κ3) is 4.82. The van der Waals surface area contributed by atoms with Crippen molar-refractivity contribution in [2.75, 3.05) is 39.9 Å². The summed E-state index contributed by atoms with van der Waals surface area (Å²) in [6, 6.07) is 7.01. The largest absolute Gasteiger partial charge is 0.381 e. The van der Waals surface area contributed by atoms with E-state index in [2.05, 4.69) is 15.6 Å². The minimum absolute atomic E-state index is 0.108. The average Bonchev–Trinajstić information content (AvgIpc) is 3.20. The van der Waals surface area contributed by atoms with E-state index in [-0.39, 0.29) is 23.2 Å². The molecule has 6 nitrogen and oxygen atoms in total. The van der Waals surface area contributed by atoms with Crippen molar-refractivity contribution in [3.8, 4) is 0 Å². The quantitative estimate of drug-likeness (QED) is 0.597. The molecule has 0 spiro atoms. The van der Waals surface area contributed by atoms with Crippen molar-refractivity contribution in [1.82, 2.24) is 15.5 Å². The zero-order chi connectivity index (χ0) is 20.0. The van der Waals surface area contributed by atoms with E-state index in [4.69, 9.17) is 4.74 Å². The first-order chi connectivity index (χ1) is 13.6. The maximum Gasteiger partial charge on any atom is 0.222 e. The van der Waals surface area contributed by atoms with Gasteiger partial charge in [0.2, 0.25) is 5.91 Å². The van der Waals surface area contributed by atoms with Crippen molar-refractivity contribution in [3.05, 3.63) is 35.6 Å². The molecule has 2 fully saturated rings. The molecule has 1 atom stereocenters. The third-order valence-corrected chi connectivity index (χ3v) is 5.91. The molecule has 1 amide bonds. The monoisotopic (exact) mass is 390 g/mol. The van der Waals surface area contributed by atoms with Gasteiger partial charge in [-0.25, -0.2) is 4.39 Å². The van der Waals surface area contributed by atoms with E-state index in [1.54, 1.807) is 7.05 Å². The normalized spacial score (nSPS) is 22.2. The molecule has 7 heteroatoms. The molecule has 0 aliphatic carbocycles. The summed E-state index contributed by atoms with van der Waals surface area (Å²) in [4.78, 5) is 18.2. The highest BCUT2D eigenvalue weighted by atomic mass is 19.1. The number of nitrogens with zero attached hydrogens (tertiary/aromatic N) is 2. The second kappa shape index (κ2) is 9.37. The van der Waals surface area contributed by atoms with E-state index in [1.807, 2.05) is 24.0 Å². The van der Waals surface area contributed by atoms with Crippen molar-refractivity contribution in [2.45, 2.75) is 44.1 Å². The third-order valence-electron chi connectivity index (χ3n) is 5.91. The molecular formula is C21H31FN4O2. The Kier molecular flexibility index (Phi) is 6.88. The Balaban J connectivity index is 1.62. The van der Waals surface area contributed by atoms with Gasteiger partial charge in [0.05, 0.1) is 0 Å². The number of amides is 1. The summed E-state index contributed by atoms with van der Waals surface area (Å²) in [6.45, 7) is 5.49. The minimum Gasteiger partial charge on any atom is -0.381 e. The number of carbonyl (C=O) groups excluding carboxylic acids is 1. The van der Waals surface area contributed by atoms with Crippen LogP contribution in [0.4, 0.5) is 4.39 Å². The van der Waals surface area contributed by atoms with Gasteiger partial charge >= 0.3 is 0 Å². The predicted molar refractivity (Wildman–Crippen MR) is 108 cm³/mol. The molecule has 154 valence electrons. The Morgan fingerprint density at radius 1 is 1.32 bits per heavy atom. The molecule has 2 saturated heterocycles. The van der Waals surface area contributed by atoms with Crippen LogP contribution in [0.15, 0.2) is 29.3 Å². The lowest BCUT2D eigenvalue weighted by atomic mass is 9.74. The van der Waals surface area contributed by atoms with Gasteiger partial charge in [-0.3, -0.25) is 9.79 Å². The highest BCUT2D eigenvalue weighted by Gasteiger charge is 2.35. The van der Waals surface area contributed by atoms with E-state index >= 15 is 0 Å². The van der Waals surface area contributed by atoms with Crippen LogP contribution in [0.1, 0.15) is 38.2 Å². The first-order valence-electron chi connectivity index (χ1n) is 10.1. The first-order valence-corrected chi connectivity index (χ1v) is 10.1. The van der Waals surface area contributed by atoms with E-state index in [0.717, 1.165) is 37.3 Å². The van der Waals surface area contributed by atoms with E-state index < -0.39 is 0 Å². The number of aliphatic imine (C=N–C) groups is 1. The molecule has 2 heterocycles. The number of ether oxygens (including phenoxy) is 1. The van der Waals surface area contributed by atoms with E-state index in [9.17, 15) is 9.18 Å². The van der Waals surface area contributed by atoms with Gasteiger partial charge in [0.25, 0.3) is 0 Å². The molecule has 0 bridgehead atoms. The molecule has 28 heavy (non-hydrogen) atoms. The zero-order valence-electron chi connectivity index (χ0n) is 16.8. The Hall–Kier alpha value is -2.15. The fraction of sp³-hybridized carbons (Fsp3) is 0.619. The standard InChI is InChI=1S/C21H31FN4O2/c1-3-19(27)26-11-8-18(14-26)25-20(23-2)24-15-21(9-12-28-13-10-21)16-4-6-17(22)7-5-16/h4-7,18H,3,8-15H2,1-2H3,(H2,23,24,25). The molecule has 2 aliphatic heterocycles. The lowest BCUT2D eigenvalue weighted by molar-refractivity contribution is -0.129. The summed E-state index contributed by atoms with van der Waals surface area (Å²) in [5, 5.41) is 6.91. The van der Waals surface area contributed by atoms with Crippen LogP contribution in [-0.2, 0) is 14.9 Å². The fourth-order valence-corrected chi connectivity index (χ4v) is 4.10. The molecule has 0 saturated carbocycles.